The fourth-order valence-corrected chi connectivity index (χ4v) is 1.16. The molecule has 0 radical (unpaired) electrons. The first-order valence-electron chi connectivity index (χ1n) is 5.18. The molecule has 0 saturated heterocycles. The van der Waals surface area contributed by atoms with Gasteiger partial charge in [-0.15, -0.1) is 0 Å². The molecule has 18 heavy (non-hydrogen) atoms. The second-order valence-electron chi connectivity index (χ2n) is 3.27. The summed E-state index contributed by atoms with van der Waals surface area (Å²) in [6.07, 6.45) is 1.83. The van der Waals surface area contributed by atoms with E-state index in [1.54, 1.807) is 18.2 Å². The van der Waals surface area contributed by atoms with Crippen LogP contribution in [0.1, 0.15) is 15.9 Å². The van der Waals surface area contributed by atoms with E-state index in [-0.39, 0.29) is 35.1 Å². The monoisotopic (exact) mass is 248 g/mol. The summed E-state index contributed by atoms with van der Waals surface area (Å²) in [6, 6.07) is 18.1. The number of carboxylic acid groups (broad SMARTS) is 1. The second-order valence-corrected chi connectivity index (χ2v) is 3.27. The molecule has 0 amide bonds. The molecular formula is C15H13NaO2. The third kappa shape index (κ3) is 6.40. The van der Waals surface area contributed by atoms with Crippen LogP contribution in [-0.4, -0.2) is 5.97 Å². The molecule has 0 fully saturated rings. The van der Waals surface area contributed by atoms with Crippen molar-refractivity contribution in [3.05, 3.63) is 78.4 Å². The van der Waals surface area contributed by atoms with E-state index in [2.05, 4.69) is 6.58 Å². The van der Waals surface area contributed by atoms with Gasteiger partial charge >= 0.3 is 29.6 Å². The van der Waals surface area contributed by atoms with Gasteiger partial charge in [0.2, 0.25) is 0 Å². The van der Waals surface area contributed by atoms with Crippen molar-refractivity contribution < 1.29 is 39.5 Å². The molecule has 0 bridgehead atoms. The standard InChI is InChI=1S/C8H8.C7H6O2.Na/c1-2-8-6-4-3-5-7-8;8-7(9)6-4-2-1-3-5-6;/h2-7H,1H2;1-5H,(H,8,9);/q;;+1/p-1. The second kappa shape index (κ2) is 9.66. The van der Waals surface area contributed by atoms with Gasteiger partial charge in [-0.05, 0) is 11.1 Å². The third-order valence-electron chi connectivity index (χ3n) is 2.04. The summed E-state index contributed by atoms with van der Waals surface area (Å²) < 4.78 is 0. The first kappa shape index (κ1) is 16.6. The maximum atomic E-state index is 10.1. The van der Waals surface area contributed by atoms with Crippen LogP contribution in [-0.2, 0) is 0 Å². The fourth-order valence-electron chi connectivity index (χ4n) is 1.16. The van der Waals surface area contributed by atoms with Crippen LogP contribution in [0.2, 0.25) is 0 Å². The summed E-state index contributed by atoms with van der Waals surface area (Å²) >= 11 is 0. The summed E-state index contributed by atoms with van der Waals surface area (Å²) in [4.78, 5) is 10.1. The van der Waals surface area contributed by atoms with Crippen LogP contribution < -0.4 is 34.7 Å². The van der Waals surface area contributed by atoms with Crippen molar-refractivity contribution in [1.82, 2.24) is 0 Å². The molecule has 2 rings (SSSR count). The van der Waals surface area contributed by atoms with E-state index in [1.165, 1.54) is 17.7 Å². The maximum absolute atomic E-state index is 10.1. The third-order valence-corrected chi connectivity index (χ3v) is 2.04. The molecule has 2 aromatic rings. The summed E-state index contributed by atoms with van der Waals surface area (Å²) in [7, 11) is 0. The zero-order valence-corrected chi connectivity index (χ0v) is 12.4. The van der Waals surface area contributed by atoms with E-state index in [0.717, 1.165) is 0 Å². The number of aromatic carboxylic acids is 1. The van der Waals surface area contributed by atoms with E-state index >= 15 is 0 Å². The Kier molecular flexibility index (Phi) is 8.93. The number of carbonyl (C=O) groups is 1. The minimum absolute atomic E-state index is 0. The van der Waals surface area contributed by atoms with Crippen LogP contribution >= 0.6 is 0 Å². The Balaban J connectivity index is 0.000000306. The summed E-state index contributed by atoms with van der Waals surface area (Å²) in [6.45, 7) is 3.63. The van der Waals surface area contributed by atoms with Crippen molar-refractivity contribution in [3.63, 3.8) is 0 Å². The number of carbonyl (C=O) groups excluding carboxylic acids is 1. The van der Waals surface area contributed by atoms with E-state index in [9.17, 15) is 9.90 Å². The van der Waals surface area contributed by atoms with E-state index < -0.39 is 5.97 Å². The molecule has 0 spiro atoms. The van der Waals surface area contributed by atoms with Gasteiger partial charge in [0.25, 0.3) is 0 Å². The molecule has 0 aromatic heterocycles. The normalized spacial score (nSPS) is 8.22. The van der Waals surface area contributed by atoms with E-state index in [0.29, 0.717) is 0 Å². The molecule has 2 nitrogen and oxygen atoms in total. The number of hydrogen-bond donors (Lipinski definition) is 0. The van der Waals surface area contributed by atoms with Crippen molar-refractivity contribution in [3.8, 4) is 0 Å². The van der Waals surface area contributed by atoms with Gasteiger partial charge in [0.15, 0.2) is 0 Å². The SMILES string of the molecule is C=Cc1ccccc1.O=C([O-])c1ccccc1.[Na+]. The van der Waals surface area contributed by atoms with Crippen LogP contribution in [0, 0.1) is 0 Å². The van der Waals surface area contributed by atoms with E-state index in [1.807, 2.05) is 36.4 Å². The first-order chi connectivity index (χ1) is 8.24. The Morgan fingerprint density at radius 2 is 1.39 bits per heavy atom. The molecule has 0 unspecified atom stereocenters. The van der Waals surface area contributed by atoms with Gasteiger partial charge in [-0.1, -0.05) is 73.3 Å². The minimum atomic E-state index is -1.13. The molecular weight excluding hydrogens is 235 g/mol. The predicted molar refractivity (Wildman–Crippen MR) is 67.3 cm³/mol. The Bertz CT molecular complexity index is 466. The van der Waals surface area contributed by atoms with Crippen LogP contribution in [0.3, 0.4) is 0 Å². The zero-order valence-electron chi connectivity index (χ0n) is 10.4. The smallest absolute Gasteiger partial charge is 0.545 e. The van der Waals surface area contributed by atoms with Crippen molar-refractivity contribution in [2.24, 2.45) is 0 Å². The Morgan fingerprint density at radius 1 is 0.944 bits per heavy atom. The van der Waals surface area contributed by atoms with Gasteiger partial charge in [0, 0.05) is 0 Å². The largest absolute Gasteiger partial charge is 1.00 e. The maximum Gasteiger partial charge on any atom is 1.00 e. The molecule has 86 valence electrons. The van der Waals surface area contributed by atoms with Gasteiger partial charge in [-0.3, -0.25) is 0 Å². The first-order valence-corrected chi connectivity index (χ1v) is 5.18. The molecule has 0 saturated carbocycles. The molecule has 0 atom stereocenters. The zero-order chi connectivity index (χ0) is 12.5. The quantitative estimate of drug-likeness (QED) is 0.665. The topological polar surface area (TPSA) is 40.1 Å². The number of hydrogen-bond acceptors (Lipinski definition) is 2. The van der Waals surface area contributed by atoms with Crippen molar-refractivity contribution in [1.29, 1.82) is 0 Å². The van der Waals surface area contributed by atoms with E-state index in [4.69, 9.17) is 0 Å². The van der Waals surface area contributed by atoms with Crippen LogP contribution in [0.4, 0.5) is 0 Å². The molecule has 0 aliphatic rings. The Labute approximate surface area is 129 Å². The van der Waals surface area contributed by atoms with Crippen molar-refractivity contribution >= 4 is 12.0 Å². The van der Waals surface area contributed by atoms with Crippen molar-refractivity contribution in [2.45, 2.75) is 0 Å². The summed E-state index contributed by atoms with van der Waals surface area (Å²) in [5.74, 6) is -1.13. The molecule has 3 heteroatoms. The average Bonchev–Trinajstić information content (AvgIpc) is 2.41. The Hall–Kier alpha value is -1.35. The average molecular weight is 248 g/mol. The number of carboxylic acids is 1. The molecule has 2 aromatic carbocycles. The van der Waals surface area contributed by atoms with Crippen LogP contribution in [0.25, 0.3) is 6.08 Å². The summed E-state index contributed by atoms with van der Waals surface area (Å²) in [5.41, 5.74) is 1.39. The fraction of sp³-hybridized carbons (Fsp3) is 0. The van der Waals surface area contributed by atoms with Gasteiger partial charge in [-0.25, -0.2) is 0 Å². The van der Waals surface area contributed by atoms with Gasteiger partial charge in [0.1, 0.15) is 0 Å². The van der Waals surface area contributed by atoms with Crippen LogP contribution in [0.15, 0.2) is 67.2 Å². The molecule has 0 N–H and O–H groups in total. The number of benzene rings is 2. The Morgan fingerprint density at radius 3 is 1.67 bits per heavy atom. The minimum Gasteiger partial charge on any atom is -0.545 e. The van der Waals surface area contributed by atoms with Gasteiger partial charge in [0.05, 0.1) is 5.97 Å². The molecule has 0 aliphatic heterocycles. The van der Waals surface area contributed by atoms with Gasteiger partial charge in [-0.2, -0.15) is 0 Å². The molecule has 0 heterocycles. The number of rotatable bonds is 2. The van der Waals surface area contributed by atoms with Crippen LogP contribution in [0.5, 0.6) is 0 Å². The molecule has 0 aliphatic carbocycles. The summed E-state index contributed by atoms with van der Waals surface area (Å²) in [5, 5.41) is 10.1. The predicted octanol–water partition coefficient (Wildman–Crippen LogP) is -0.616. The van der Waals surface area contributed by atoms with Gasteiger partial charge < -0.3 is 9.90 Å². The van der Waals surface area contributed by atoms with Crippen molar-refractivity contribution in [2.75, 3.05) is 0 Å².